The van der Waals surface area contributed by atoms with Crippen molar-refractivity contribution in [3.63, 3.8) is 0 Å². The first-order valence-corrected chi connectivity index (χ1v) is 8.00. The van der Waals surface area contributed by atoms with E-state index in [4.69, 9.17) is 18.9 Å². The maximum atomic E-state index is 11.4. The quantitative estimate of drug-likeness (QED) is 0.541. The Balaban J connectivity index is 2.26. The molecule has 0 saturated carbocycles. The predicted octanol–water partition coefficient (Wildman–Crippen LogP) is 0.672. The van der Waals surface area contributed by atoms with Crippen LogP contribution >= 0.6 is 11.8 Å². The summed E-state index contributed by atoms with van der Waals surface area (Å²) in [6, 6.07) is -0.471. The molecule has 9 heteroatoms. The largest absolute Gasteiger partial charge is 0.463 e. The Morgan fingerprint density at radius 3 is 2.26 bits per heavy atom. The van der Waals surface area contributed by atoms with Gasteiger partial charge in [-0.1, -0.05) is 11.8 Å². The van der Waals surface area contributed by atoms with Crippen molar-refractivity contribution in [1.82, 2.24) is 0 Å². The van der Waals surface area contributed by atoms with Crippen molar-refractivity contribution >= 4 is 34.7 Å². The predicted molar refractivity (Wildman–Crippen MR) is 80.9 cm³/mol. The van der Waals surface area contributed by atoms with Crippen LogP contribution in [0.3, 0.4) is 0 Å². The third-order valence-corrected chi connectivity index (χ3v) is 4.36. The van der Waals surface area contributed by atoms with Gasteiger partial charge in [-0.15, -0.1) is 0 Å². The zero-order chi connectivity index (χ0) is 17.1. The monoisotopic (exact) mass is 345 g/mol. The lowest BCUT2D eigenvalue weighted by Gasteiger charge is -2.41. The molecule has 0 aliphatic carbocycles. The molecule has 2 unspecified atom stereocenters. The van der Waals surface area contributed by atoms with Gasteiger partial charge in [0.05, 0.1) is 5.04 Å². The second-order valence-corrected chi connectivity index (χ2v) is 6.54. The third kappa shape index (κ3) is 4.44. The van der Waals surface area contributed by atoms with Crippen LogP contribution in [0.25, 0.3) is 0 Å². The number of hydrogen-bond acceptors (Lipinski definition) is 9. The molecule has 0 aromatic carbocycles. The van der Waals surface area contributed by atoms with E-state index in [2.05, 4.69) is 4.99 Å². The Hall–Kier alpha value is -1.61. The number of esters is 3. The molecule has 2 rings (SSSR count). The number of fused-ring (bicyclic) bond motifs is 1. The first kappa shape index (κ1) is 17.7. The molecule has 0 spiro atoms. The standard InChI is InChI=1S/C14H19NO7S/c1-6-15-11-13(21-9(4)18)12(20-8(3)17)10(5-19-7(2)16)22-14(11)23-6/h10-14H,5H2,1-4H3/t10-,11?,12-,13-,14?/m1/s1. The van der Waals surface area contributed by atoms with Crippen molar-refractivity contribution in [3.8, 4) is 0 Å². The number of ether oxygens (including phenoxy) is 4. The van der Waals surface area contributed by atoms with Gasteiger partial charge in [0.2, 0.25) is 0 Å². The van der Waals surface area contributed by atoms with E-state index >= 15 is 0 Å². The van der Waals surface area contributed by atoms with E-state index in [0.29, 0.717) is 0 Å². The van der Waals surface area contributed by atoms with Crippen LogP contribution in [0.5, 0.6) is 0 Å². The van der Waals surface area contributed by atoms with E-state index in [-0.39, 0.29) is 12.0 Å². The van der Waals surface area contributed by atoms with E-state index < -0.39 is 42.3 Å². The highest BCUT2D eigenvalue weighted by Gasteiger charge is 2.52. The first-order valence-electron chi connectivity index (χ1n) is 7.12. The van der Waals surface area contributed by atoms with Crippen LogP contribution in [-0.4, -0.2) is 59.3 Å². The molecule has 1 saturated heterocycles. The van der Waals surface area contributed by atoms with Crippen LogP contribution in [0.4, 0.5) is 0 Å². The maximum absolute atomic E-state index is 11.4. The molecule has 0 N–H and O–H groups in total. The molecule has 0 aromatic heterocycles. The molecule has 0 amide bonds. The summed E-state index contributed by atoms with van der Waals surface area (Å²) < 4.78 is 21.5. The van der Waals surface area contributed by atoms with Gasteiger partial charge in [0.1, 0.15) is 24.2 Å². The molecule has 23 heavy (non-hydrogen) atoms. The molecule has 1 fully saturated rings. The Bertz CT molecular complexity index is 535. The highest BCUT2D eigenvalue weighted by Crippen LogP contribution is 2.38. The summed E-state index contributed by atoms with van der Waals surface area (Å²) in [4.78, 5) is 38.3. The highest BCUT2D eigenvalue weighted by molar-refractivity contribution is 8.14. The van der Waals surface area contributed by atoms with Crippen LogP contribution in [0.2, 0.25) is 0 Å². The normalized spacial score (nSPS) is 32.5. The molecule has 0 aromatic rings. The van der Waals surface area contributed by atoms with Gasteiger partial charge in [0.15, 0.2) is 12.2 Å². The van der Waals surface area contributed by atoms with E-state index in [0.717, 1.165) is 5.04 Å². The minimum atomic E-state index is -0.896. The molecule has 0 radical (unpaired) electrons. The van der Waals surface area contributed by atoms with Gasteiger partial charge in [0.25, 0.3) is 0 Å². The van der Waals surface area contributed by atoms with E-state index in [1.165, 1.54) is 32.5 Å². The van der Waals surface area contributed by atoms with Crippen molar-refractivity contribution in [3.05, 3.63) is 0 Å². The third-order valence-electron chi connectivity index (χ3n) is 3.29. The van der Waals surface area contributed by atoms with Crippen LogP contribution < -0.4 is 0 Å². The minimum Gasteiger partial charge on any atom is -0.463 e. The Kier molecular flexibility index (Phi) is 5.64. The Labute approximate surface area is 137 Å². The summed E-state index contributed by atoms with van der Waals surface area (Å²) in [5.74, 6) is -1.54. The molecular weight excluding hydrogens is 326 g/mol. The Morgan fingerprint density at radius 2 is 1.70 bits per heavy atom. The van der Waals surface area contributed by atoms with Crippen LogP contribution in [0, 0.1) is 0 Å². The van der Waals surface area contributed by atoms with E-state index in [1.807, 2.05) is 6.92 Å². The lowest BCUT2D eigenvalue weighted by Crippen LogP contribution is -2.59. The zero-order valence-electron chi connectivity index (χ0n) is 13.3. The number of thioether (sulfide) groups is 1. The number of carbonyl (C=O) groups excluding carboxylic acids is 3. The van der Waals surface area contributed by atoms with Gasteiger partial charge in [-0.3, -0.25) is 19.4 Å². The fraction of sp³-hybridized carbons (Fsp3) is 0.714. The van der Waals surface area contributed by atoms with Crippen LogP contribution in [-0.2, 0) is 33.3 Å². The minimum absolute atomic E-state index is 0.103. The second-order valence-electron chi connectivity index (χ2n) is 5.25. The van der Waals surface area contributed by atoms with Crippen molar-refractivity contribution in [1.29, 1.82) is 0 Å². The lowest BCUT2D eigenvalue weighted by atomic mass is 9.98. The van der Waals surface area contributed by atoms with Gasteiger partial charge < -0.3 is 18.9 Å². The van der Waals surface area contributed by atoms with Gasteiger partial charge in [-0.05, 0) is 6.92 Å². The van der Waals surface area contributed by atoms with Gasteiger partial charge >= 0.3 is 17.9 Å². The Morgan fingerprint density at radius 1 is 1.09 bits per heavy atom. The summed E-state index contributed by atoms with van der Waals surface area (Å²) in [5, 5.41) is 0.784. The summed E-state index contributed by atoms with van der Waals surface area (Å²) >= 11 is 1.39. The number of rotatable bonds is 4. The summed E-state index contributed by atoms with van der Waals surface area (Å²) in [7, 11) is 0. The van der Waals surface area contributed by atoms with E-state index in [9.17, 15) is 14.4 Å². The topological polar surface area (TPSA) is 100 Å². The number of carbonyl (C=O) groups is 3. The fourth-order valence-electron chi connectivity index (χ4n) is 2.53. The van der Waals surface area contributed by atoms with Crippen molar-refractivity contribution in [2.75, 3.05) is 6.61 Å². The van der Waals surface area contributed by atoms with Crippen molar-refractivity contribution < 1.29 is 33.3 Å². The van der Waals surface area contributed by atoms with Crippen LogP contribution in [0.1, 0.15) is 27.7 Å². The molecule has 5 atom stereocenters. The summed E-state index contributed by atoms with van der Waals surface area (Å²) in [5.41, 5.74) is -0.383. The highest BCUT2D eigenvalue weighted by atomic mass is 32.2. The second kappa shape index (κ2) is 7.31. The van der Waals surface area contributed by atoms with Crippen molar-refractivity contribution in [2.24, 2.45) is 4.99 Å². The molecular formula is C14H19NO7S. The molecule has 128 valence electrons. The molecule has 2 aliphatic rings. The van der Waals surface area contributed by atoms with Gasteiger partial charge in [-0.2, -0.15) is 0 Å². The van der Waals surface area contributed by atoms with Crippen LogP contribution in [0.15, 0.2) is 4.99 Å². The fourth-order valence-corrected chi connectivity index (χ4v) is 3.60. The van der Waals surface area contributed by atoms with E-state index in [1.54, 1.807) is 0 Å². The lowest BCUT2D eigenvalue weighted by molar-refractivity contribution is -0.208. The van der Waals surface area contributed by atoms with Gasteiger partial charge in [0, 0.05) is 20.8 Å². The average molecular weight is 345 g/mol. The molecule has 0 bridgehead atoms. The number of nitrogens with zero attached hydrogens (tertiary/aromatic N) is 1. The van der Waals surface area contributed by atoms with Crippen molar-refractivity contribution in [2.45, 2.75) is 57.5 Å². The smallest absolute Gasteiger partial charge is 0.303 e. The zero-order valence-corrected chi connectivity index (χ0v) is 14.1. The van der Waals surface area contributed by atoms with Gasteiger partial charge in [-0.25, -0.2) is 0 Å². The molecule has 2 heterocycles. The first-order chi connectivity index (χ1) is 10.8. The maximum Gasteiger partial charge on any atom is 0.303 e. The molecule has 8 nitrogen and oxygen atoms in total. The number of hydrogen-bond donors (Lipinski definition) is 0. The number of aliphatic imine (C=N–C) groups is 1. The average Bonchev–Trinajstić information content (AvgIpc) is 2.78. The molecule has 2 aliphatic heterocycles. The summed E-state index contributed by atoms with van der Waals surface area (Å²) in [6.45, 7) is 5.51. The summed E-state index contributed by atoms with van der Waals surface area (Å²) in [6.07, 6.45) is -2.42. The SMILES string of the molecule is CC(=O)OC[C@H]1OC2SC(C)=NC2[C@@H](OC(C)=O)[C@@H]1OC(C)=O.